The van der Waals surface area contributed by atoms with Gasteiger partial charge < -0.3 is 15.2 Å². The van der Waals surface area contributed by atoms with Crippen LogP contribution in [-0.2, 0) is 4.79 Å². The number of para-hydroxylation sites is 1. The van der Waals surface area contributed by atoms with Crippen molar-refractivity contribution in [2.45, 2.75) is 12.2 Å². The molecule has 2 N–H and O–H groups in total. The van der Waals surface area contributed by atoms with Gasteiger partial charge in [-0.2, -0.15) is 0 Å². The maximum absolute atomic E-state index is 13.2. The fourth-order valence-corrected chi connectivity index (χ4v) is 4.19. The molecule has 0 saturated carbocycles. The number of likely N-dealkylation sites (tertiary alicyclic amines) is 1. The summed E-state index contributed by atoms with van der Waals surface area (Å²) in [4.78, 5) is 27.1. The second-order valence-corrected chi connectivity index (χ2v) is 8.70. The standard InChI is InChI=1S/C22H18Cl2FN7O3/c23-15-2-1-3-16(24)19(15)32-9-14-20(30-32)27-11-28-22(14)35-17(10-31-7-13(33)8-31)21(34)29-18-5-4-12(25)6-26-18/h1-6,9,11,13,17,33H,7-8,10H2,(H,26,29,34)/t17-/m0/s1. The summed E-state index contributed by atoms with van der Waals surface area (Å²) in [6, 6.07) is 7.62. The van der Waals surface area contributed by atoms with Crippen molar-refractivity contribution in [2.24, 2.45) is 0 Å². The lowest BCUT2D eigenvalue weighted by molar-refractivity contribution is -0.125. The van der Waals surface area contributed by atoms with Crippen LogP contribution in [0.5, 0.6) is 5.88 Å². The molecule has 1 fully saturated rings. The van der Waals surface area contributed by atoms with Crippen molar-refractivity contribution in [3.8, 4) is 11.6 Å². The number of amides is 1. The van der Waals surface area contributed by atoms with Crippen LogP contribution in [0.15, 0.2) is 49.1 Å². The van der Waals surface area contributed by atoms with E-state index in [0.717, 1.165) is 6.20 Å². The van der Waals surface area contributed by atoms with Gasteiger partial charge in [-0.05, 0) is 24.3 Å². The van der Waals surface area contributed by atoms with Gasteiger partial charge in [0.05, 0.1) is 22.3 Å². The zero-order chi connectivity index (χ0) is 24.5. The Bertz CT molecular complexity index is 1360. The molecule has 35 heavy (non-hydrogen) atoms. The first-order valence-electron chi connectivity index (χ1n) is 10.5. The topological polar surface area (TPSA) is 118 Å². The third kappa shape index (κ3) is 5.03. The molecule has 0 radical (unpaired) electrons. The molecule has 180 valence electrons. The molecule has 0 aliphatic carbocycles. The molecule has 1 amide bonds. The number of benzene rings is 1. The summed E-state index contributed by atoms with van der Waals surface area (Å²) in [5, 5.41) is 17.9. The maximum atomic E-state index is 13.2. The van der Waals surface area contributed by atoms with E-state index < -0.39 is 23.9 Å². The van der Waals surface area contributed by atoms with E-state index in [2.05, 4.69) is 25.4 Å². The Kier molecular flexibility index (Phi) is 6.48. The average molecular weight is 518 g/mol. The molecular formula is C22H18Cl2FN7O3. The first-order chi connectivity index (χ1) is 16.9. The van der Waals surface area contributed by atoms with Gasteiger partial charge in [0.25, 0.3) is 5.91 Å². The first kappa shape index (κ1) is 23.4. The summed E-state index contributed by atoms with van der Waals surface area (Å²) in [7, 11) is 0. The summed E-state index contributed by atoms with van der Waals surface area (Å²) in [5.74, 6) is -0.747. The van der Waals surface area contributed by atoms with Crippen LogP contribution in [0, 0.1) is 5.82 Å². The lowest BCUT2D eigenvalue weighted by Gasteiger charge is -2.37. The number of hydrogen-bond acceptors (Lipinski definition) is 8. The van der Waals surface area contributed by atoms with Crippen molar-refractivity contribution in [1.29, 1.82) is 0 Å². The van der Waals surface area contributed by atoms with Crippen LogP contribution >= 0.6 is 23.2 Å². The third-order valence-electron chi connectivity index (χ3n) is 5.33. The Morgan fingerprint density at radius 3 is 2.66 bits per heavy atom. The number of hydrogen-bond donors (Lipinski definition) is 2. The Balaban J connectivity index is 1.44. The van der Waals surface area contributed by atoms with Crippen molar-refractivity contribution in [2.75, 3.05) is 25.0 Å². The molecule has 1 atom stereocenters. The van der Waals surface area contributed by atoms with E-state index in [1.807, 2.05) is 4.90 Å². The predicted molar refractivity (Wildman–Crippen MR) is 126 cm³/mol. The van der Waals surface area contributed by atoms with Gasteiger partial charge in [0, 0.05) is 25.8 Å². The van der Waals surface area contributed by atoms with Gasteiger partial charge in [0.15, 0.2) is 11.8 Å². The number of carbonyl (C=O) groups excluding carboxylic acids is 1. The number of rotatable bonds is 7. The maximum Gasteiger partial charge on any atom is 0.268 e. The molecule has 1 saturated heterocycles. The fourth-order valence-electron chi connectivity index (χ4n) is 3.62. The molecule has 3 aromatic heterocycles. The second kappa shape index (κ2) is 9.70. The molecule has 13 heteroatoms. The van der Waals surface area contributed by atoms with E-state index in [0.29, 0.717) is 39.9 Å². The van der Waals surface area contributed by atoms with Gasteiger partial charge in [0.1, 0.15) is 29.0 Å². The third-order valence-corrected chi connectivity index (χ3v) is 5.94. The molecule has 4 heterocycles. The Hall–Kier alpha value is -3.38. The number of anilines is 1. The van der Waals surface area contributed by atoms with Crippen LogP contribution < -0.4 is 10.1 Å². The van der Waals surface area contributed by atoms with Crippen LogP contribution in [0.1, 0.15) is 0 Å². The molecule has 10 nitrogen and oxygen atoms in total. The molecule has 0 spiro atoms. The molecule has 5 rings (SSSR count). The summed E-state index contributed by atoms with van der Waals surface area (Å²) in [6.45, 7) is 0.994. The van der Waals surface area contributed by atoms with Gasteiger partial charge >= 0.3 is 0 Å². The van der Waals surface area contributed by atoms with Crippen molar-refractivity contribution >= 4 is 46.0 Å². The van der Waals surface area contributed by atoms with Crippen LogP contribution in [0.4, 0.5) is 10.2 Å². The molecule has 0 unspecified atom stereocenters. The number of nitrogens with one attached hydrogen (secondary N) is 1. The smallest absolute Gasteiger partial charge is 0.268 e. The Labute approximate surface area is 208 Å². The molecule has 4 aromatic rings. The quantitative estimate of drug-likeness (QED) is 0.384. The number of aromatic nitrogens is 5. The van der Waals surface area contributed by atoms with Gasteiger partial charge in [-0.3, -0.25) is 9.69 Å². The number of aliphatic hydroxyl groups excluding tert-OH is 1. The molecule has 1 aromatic carbocycles. The number of pyridine rings is 1. The molecular weight excluding hydrogens is 500 g/mol. The van der Waals surface area contributed by atoms with E-state index in [1.165, 1.54) is 23.1 Å². The molecule has 1 aliphatic heterocycles. The van der Waals surface area contributed by atoms with Crippen LogP contribution in [-0.4, -0.2) is 72.5 Å². The first-order valence-corrected chi connectivity index (χ1v) is 11.3. The predicted octanol–water partition coefficient (Wildman–Crippen LogP) is 2.72. The lowest BCUT2D eigenvalue weighted by Crippen LogP contribution is -2.55. The highest BCUT2D eigenvalue weighted by Gasteiger charge is 2.32. The highest BCUT2D eigenvalue weighted by atomic mass is 35.5. The zero-order valence-electron chi connectivity index (χ0n) is 18.0. The van der Waals surface area contributed by atoms with Crippen molar-refractivity contribution in [3.05, 3.63) is 64.9 Å². The zero-order valence-corrected chi connectivity index (χ0v) is 19.5. The van der Waals surface area contributed by atoms with Crippen LogP contribution in [0.3, 0.4) is 0 Å². The molecule has 0 bridgehead atoms. The number of halogens is 3. The largest absolute Gasteiger partial charge is 0.462 e. The molecule has 1 aliphatic rings. The van der Waals surface area contributed by atoms with Crippen molar-refractivity contribution in [3.63, 3.8) is 0 Å². The number of nitrogens with zero attached hydrogens (tertiary/aromatic N) is 6. The van der Waals surface area contributed by atoms with Crippen molar-refractivity contribution < 1.29 is 19.0 Å². The van der Waals surface area contributed by atoms with Gasteiger partial charge in [-0.1, -0.05) is 29.3 Å². The minimum Gasteiger partial charge on any atom is -0.462 e. The average Bonchev–Trinajstić information content (AvgIpc) is 3.23. The summed E-state index contributed by atoms with van der Waals surface area (Å²) in [6.07, 6.45) is 2.40. The second-order valence-electron chi connectivity index (χ2n) is 7.89. The number of β-amino-alcohol motifs (C(OH)–C–C–N with tert-alkyl or cyclic N) is 1. The van der Waals surface area contributed by atoms with Crippen LogP contribution in [0.25, 0.3) is 16.7 Å². The van der Waals surface area contributed by atoms with E-state index in [1.54, 1.807) is 24.4 Å². The SMILES string of the molecule is O=C(Nc1ccc(F)cn1)[C@H](CN1CC(O)C1)Oc1ncnc2nn(-c3c(Cl)cccc3Cl)cc12. The van der Waals surface area contributed by atoms with E-state index in [-0.39, 0.29) is 18.2 Å². The van der Waals surface area contributed by atoms with Gasteiger partial charge in [-0.15, -0.1) is 5.10 Å². The Morgan fingerprint density at radius 2 is 1.97 bits per heavy atom. The lowest BCUT2D eigenvalue weighted by atomic mass is 10.1. The summed E-state index contributed by atoms with van der Waals surface area (Å²) < 4.78 is 20.7. The van der Waals surface area contributed by atoms with E-state index >= 15 is 0 Å². The minimum atomic E-state index is -1.03. The monoisotopic (exact) mass is 517 g/mol. The number of ether oxygens (including phenoxy) is 1. The number of carbonyl (C=O) groups is 1. The van der Waals surface area contributed by atoms with E-state index in [4.69, 9.17) is 27.9 Å². The normalized spacial score (nSPS) is 15.1. The fraction of sp³-hybridized carbons (Fsp3) is 0.227. The highest BCUT2D eigenvalue weighted by Crippen LogP contribution is 2.30. The number of aliphatic hydroxyl groups is 1. The summed E-state index contributed by atoms with van der Waals surface area (Å²) in [5.41, 5.74) is 0.774. The van der Waals surface area contributed by atoms with Gasteiger partial charge in [0.2, 0.25) is 5.88 Å². The van der Waals surface area contributed by atoms with Crippen molar-refractivity contribution in [1.82, 2.24) is 29.6 Å². The van der Waals surface area contributed by atoms with E-state index in [9.17, 15) is 14.3 Å². The highest BCUT2D eigenvalue weighted by molar-refractivity contribution is 6.37. The summed E-state index contributed by atoms with van der Waals surface area (Å²) >= 11 is 12.6. The minimum absolute atomic E-state index is 0.123. The number of fused-ring (bicyclic) bond motifs is 1. The van der Waals surface area contributed by atoms with Gasteiger partial charge in [-0.25, -0.2) is 24.0 Å². The van der Waals surface area contributed by atoms with Crippen LogP contribution in [0.2, 0.25) is 10.0 Å². The Morgan fingerprint density at radius 1 is 1.20 bits per heavy atom.